The summed E-state index contributed by atoms with van der Waals surface area (Å²) in [6, 6.07) is 3.09. The van der Waals surface area contributed by atoms with Crippen LogP contribution in [0.15, 0.2) is 18.2 Å². The first-order chi connectivity index (χ1) is 14.2. The zero-order chi connectivity index (χ0) is 22.3. The van der Waals surface area contributed by atoms with E-state index in [9.17, 15) is 23.5 Å². The van der Waals surface area contributed by atoms with Gasteiger partial charge in [0, 0.05) is 24.9 Å². The Kier molecular flexibility index (Phi) is 8.53. The number of alkyl halides is 2. The van der Waals surface area contributed by atoms with Crippen molar-refractivity contribution < 1.29 is 38.1 Å². The Balaban J connectivity index is 2.14. The molecule has 4 unspecified atom stereocenters. The predicted octanol–water partition coefficient (Wildman–Crippen LogP) is 1.89. The molecule has 1 saturated heterocycles. The Morgan fingerprint density at radius 2 is 2.13 bits per heavy atom. The fourth-order valence-corrected chi connectivity index (χ4v) is 3.00. The van der Waals surface area contributed by atoms with Crippen molar-refractivity contribution in [2.24, 2.45) is 0 Å². The van der Waals surface area contributed by atoms with Crippen LogP contribution in [-0.4, -0.2) is 53.7 Å². The number of aliphatic hydroxyl groups excluding tert-OH is 1. The summed E-state index contributed by atoms with van der Waals surface area (Å²) in [6.07, 6.45) is -0.656. The van der Waals surface area contributed by atoms with Crippen molar-refractivity contribution in [1.29, 1.82) is 0 Å². The largest absolute Gasteiger partial charge is 0.479 e. The first-order valence-corrected chi connectivity index (χ1v) is 9.31. The Hall–Kier alpha value is -2.74. The number of benzene rings is 1. The highest BCUT2D eigenvalue weighted by atomic mass is 19.3. The van der Waals surface area contributed by atoms with Crippen LogP contribution in [0.4, 0.5) is 14.5 Å². The molecule has 4 atom stereocenters. The van der Waals surface area contributed by atoms with E-state index in [-0.39, 0.29) is 24.3 Å². The maximum absolute atomic E-state index is 13.6. The number of anilines is 1. The summed E-state index contributed by atoms with van der Waals surface area (Å²) in [5, 5.41) is 24.2. The van der Waals surface area contributed by atoms with Crippen molar-refractivity contribution in [1.82, 2.24) is 5.32 Å². The summed E-state index contributed by atoms with van der Waals surface area (Å²) >= 11 is 0. The van der Waals surface area contributed by atoms with Gasteiger partial charge in [0.05, 0.1) is 17.7 Å². The number of aliphatic carboxylic acids is 1. The minimum Gasteiger partial charge on any atom is -0.479 e. The van der Waals surface area contributed by atoms with E-state index in [2.05, 4.69) is 16.6 Å². The topological polar surface area (TPSA) is 117 Å². The second-order valence-electron chi connectivity index (χ2n) is 6.76. The van der Waals surface area contributed by atoms with E-state index in [0.717, 1.165) is 6.07 Å². The zero-order valence-corrected chi connectivity index (χ0v) is 16.3. The number of aliphatic hydroxyl groups is 1. The number of hydrogen-bond donors (Lipinski definition) is 4. The monoisotopic (exact) mass is 426 g/mol. The number of carboxylic acid groups (broad SMARTS) is 1. The van der Waals surface area contributed by atoms with E-state index in [0.29, 0.717) is 12.8 Å². The van der Waals surface area contributed by atoms with Gasteiger partial charge in [-0.05, 0) is 31.7 Å². The Morgan fingerprint density at radius 3 is 2.73 bits per heavy atom. The fraction of sp³-hybridized carbons (Fsp3) is 0.500. The molecule has 0 bridgehead atoms. The number of amides is 1. The van der Waals surface area contributed by atoms with Gasteiger partial charge in [-0.1, -0.05) is 0 Å². The molecule has 0 aliphatic carbocycles. The van der Waals surface area contributed by atoms with E-state index in [1.807, 2.05) is 0 Å². The van der Waals surface area contributed by atoms with Crippen LogP contribution in [0.2, 0.25) is 0 Å². The third-order valence-electron chi connectivity index (χ3n) is 4.56. The molecule has 0 aromatic heterocycles. The fourth-order valence-electron chi connectivity index (χ4n) is 3.00. The van der Waals surface area contributed by atoms with Crippen LogP contribution in [0, 0.1) is 12.3 Å². The molecule has 1 aliphatic heterocycles. The van der Waals surface area contributed by atoms with Crippen LogP contribution in [0.25, 0.3) is 0 Å². The lowest BCUT2D eigenvalue weighted by Gasteiger charge is -2.31. The summed E-state index contributed by atoms with van der Waals surface area (Å²) in [5.41, 5.74) is -0.371. The SMILES string of the molecule is C#CCCC(NC)C(=O)Nc1ccc(OC2CC(O)CC(C(=O)O)O2)c(C(F)F)c1. The molecule has 164 valence electrons. The van der Waals surface area contributed by atoms with Crippen LogP contribution in [0.1, 0.15) is 37.7 Å². The molecule has 1 heterocycles. The van der Waals surface area contributed by atoms with Gasteiger partial charge in [0.15, 0.2) is 6.10 Å². The van der Waals surface area contributed by atoms with Gasteiger partial charge in [0.25, 0.3) is 6.43 Å². The third kappa shape index (κ3) is 6.38. The summed E-state index contributed by atoms with van der Waals surface area (Å²) in [7, 11) is 1.59. The molecule has 10 heteroatoms. The smallest absolute Gasteiger partial charge is 0.333 e. The maximum Gasteiger partial charge on any atom is 0.333 e. The molecule has 8 nitrogen and oxygen atoms in total. The van der Waals surface area contributed by atoms with Gasteiger partial charge >= 0.3 is 5.97 Å². The first-order valence-electron chi connectivity index (χ1n) is 9.31. The van der Waals surface area contributed by atoms with Crippen molar-refractivity contribution >= 4 is 17.6 Å². The number of hydrogen-bond acceptors (Lipinski definition) is 6. The summed E-state index contributed by atoms with van der Waals surface area (Å²) in [5.74, 6) is 0.494. The molecule has 30 heavy (non-hydrogen) atoms. The Bertz CT molecular complexity index is 798. The van der Waals surface area contributed by atoms with E-state index >= 15 is 0 Å². The minimum atomic E-state index is -2.93. The van der Waals surface area contributed by atoms with Crippen molar-refractivity contribution in [3.05, 3.63) is 23.8 Å². The molecule has 0 saturated carbocycles. The lowest BCUT2D eigenvalue weighted by Crippen LogP contribution is -2.42. The lowest BCUT2D eigenvalue weighted by molar-refractivity contribution is -0.195. The van der Waals surface area contributed by atoms with Crippen LogP contribution < -0.4 is 15.4 Å². The number of carbonyl (C=O) groups is 2. The normalized spacial score (nSPS) is 22.2. The van der Waals surface area contributed by atoms with E-state index in [1.54, 1.807) is 7.05 Å². The number of likely N-dealkylation sites (N-methyl/N-ethyl adjacent to an activating group) is 1. The Morgan fingerprint density at radius 1 is 1.40 bits per heavy atom. The number of ether oxygens (including phenoxy) is 2. The molecule has 1 fully saturated rings. The molecule has 1 amide bonds. The molecule has 2 rings (SSSR count). The Labute approximate surface area is 172 Å². The maximum atomic E-state index is 13.6. The quantitative estimate of drug-likeness (QED) is 0.446. The molecular weight excluding hydrogens is 402 g/mol. The number of halogens is 2. The highest BCUT2D eigenvalue weighted by molar-refractivity contribution is 5.95. The first kappa shape index (κ1) is 23.5. The summed E-state index contributed by atoms with van der Waals surface area (Å²) in [4.78, 5) is 23.4. The van der Waals surface area contributed by atoms with Gasteiger partial charge in [0.2, 0.25) is 12.2 Å². The molecular formula is C20H24F2N2O6. The number of carbonyl (C=O) groups excluding carboxylic acids is 1. The second-order valence-corrected chi connectivity index (χ2v) is 6.76. The van der Waals surface area contributed by atoms with Gasteiger partial charge in [-0.25, -0.2) is 13.6 Å². The molecule has 0 radical (unpaired) electrons. The second kappa shape index (κ2) is 10.9. The van der Waals surface area contributed by atoms with Crippen molar-refractivity contribution in [3.63, 3.8) is 0 Å². The highest BCUT2D eigenvalue weighted by Gasteiger charge is 2.34. The molecule has 1 aromatic carbocycles. The van der Waals surface area contributed by atoms with Gasteiger partial charge in [-0.2, -0.15) is 0 Å². The van der Waals surface area contributed by atoms with Gasteiger partial charge in [-0.3, -0.25) is 4.79 Å². The summed E-state index contributed by atoms with van der Waals surface area (Å²) in [6.45, 7) is 0. The number of terminal acetylenes is 1. The third-order valence-corrected chi connectivity index (χ3v) is 4.56. The van der Waals surface area contributed by atoms with Gasteiger partial charge in [0.1, 0.15) is 5.75 Å². The number of nitrogens with one attached hydrogen (secondary N) is 2. The van der Waals surface area contributed by atoms with Crippen LogP contribution in [0.3, 0.4) is 0 Å². The van der Waals surface area contributed by atoms with E-state index in [1.165, 1.54) is 12.1 Å². The standard InChI is InChI=1S/C20H24F2N2O6/c1-3-4-5-14(23-2)19(26)24-11-6-7-15(13(8-11)18(21)22)29-17-10-12(25)9-16(30-17)20(27)28/h1,6-8,12,14,16-18,23,25H,4-5,9-10H2,2H3,(H,24,26)(H,27,28). The average molecular weight is 426 g/mol. The molecule has 0 spiro atoms. The van der Waals surface area contributed by atoms with Crippen LogP contribution in [0.5, 0.6) is 5.75 Å². The van der Waals surface area contributed by atoms with E-state index < -0.39 is 48.4 Å². The van der Waals surface area contributed by atoms with E-state index in [4.69, 9.17) is 21.0 Å². The molecule has 1 aliphatic rings. The van der Waals surface area contributed by atoms with Crippen molar-refractivity contribution in [3.8, 4) is 18.1 Å². The molecule has 1 aromatic rings. The lowest BCUT2D eigenvalue weighted by atomic mass is 10.1. The van der Waals surface area contributed by atoms with Gasteiger partial charge in [-0.15, -0.1) is 12.3 Å². The highest BCUT2D eigenvalue weighted by Crippen LogP contribution is 2.34. The van der Waals surface area contributed by atoms with Gasteiger partial charge < -0.3 is 30.3 Å². The summed E-state index contributed by atoms with van der Waals surface area (Å²) < 4.78 is 37.7. The van der Waals surface area contributed by atoms with Crippen molar-refractivity contribution in [2.45, 2.75) is 56.6 Å². The van der Waals surface area contributed by atoms with Crippen molar-refractivity contribution in [2.75, 3.05) is 12.4 Å². The number of carboxylic acids is 1. The van der Waals surface area contributed by atoms with Crippen LogP contribution >= 0.6 is 0 Å². The predicted molar refractivity (Wildman–Crippen MR) is 103 cm³/mol. The average Bonchev–Trinajstić information content (AvgIpc) is 2.69. The zero-order valence-electron chi connectivity index (χ0n) is 16.3. The van der Waals surface area contributed by atoms with Crippen LogP contribution in [-0.2, 0) is 14.3 Å². The molecule has 4 N–H and O–H groups in total. The number of rotatable bonds is 9. The minimum absolute atomic E-state index is 0.0655.